The van der Waals surface area contributed by atoms with Crippen LogP contribution in [0.15, 0.2) is 66.7 Å². The van der Waals surface area contributed by atoms with E-state index in [-0.39, 0.29) is 0 Å². The molecule has 0 saturated heterocycles. The van der Waals surface area contributed by atoms with E-state index in [9.17, 15) is 10.2 Å². The van der Waals surface area contributed by atoms with E-state index in [4.69, 9.17) is 0 Å². The summed E-state index contributed by atoms with van der Waals surface area (Å²) in [7, 11) is 0. The van der Waals surface area contributed by atoms with Gasteiger partial charge in [-0.25, -0.2) is 0 Å². The Morgan fingerprint density at radius 1 is 0.667 bits per heavy atom. The fraction of sp³-hybridized carbons (Fsp3) is 0.0909. The maximum atomic E-state index is 10.3. The Labute approximate surface area is 139 Å². The van der Waals surface area contributed by atoms with Gasteiger partial charge in [0.05, 0.1) is 0 Å². The first-order valence-corrected chi connectivity index (χ1v) is 8.15. The van der Waals surface area contributed by atoms with Crippen molar-refractivity contribution in [2.24, 2.45) is 0 Å². The summed E-state index contributed by atoms with van der Waals surface area (Å²) in [6.07, 6.45) is 1.89. The summed E-state index contributed by atoms with van der Waals surface area (Å²) in [5.41, 5.74) is 1.79. The number of rotatable bonds is 0. The number of benzene rings is 4. The van der Waals surface area contributed by atoms with Crippen molar-refractivity contribution in [3.8, 4) is 0 Å². The summed E-state index contributed by atoms with van der Waals surface area (Å²) in [5.74, 6) is 0. The van der Waals surface area contributed by atoms with Crippen LogP contribution in [0.2, 0.25) is 0 Å². The van der Waals surface area contributed by atoms with Crippen molar-refractivity contribution >= 4 is 38.4 Å². The third kappa shape index (κ3) is 1.84. The zero-order chi connectivity index (χ0) is 16.3. The predicted molar refractivity (Wildman–Crippen MR) is 99.0 cm³/mol. The van der Waals surface area contributed by atoms with E-state index in [0.717, 1.165) is 21.9 Å². The summed E-state index contributed by atoms with van der Waals surface area (Å²) in [6, 6.07) is 21.0. The van der Waals surface area contributed by atoms with E-state index in [0.29, 0.717) is 0 Å². The van der Waals surface area contributed by atoms with Gasteiger partial charge in [-0.3, -0.25) is 0 Å². The molecule has 0 unspecified atom stereocenters. The second kappa shape index (κ2) is 4.91. The zero-order valence-electron chi connectivity index (χ0n) is 13.0. The Balaban J connectivity index is 1.93. The number of aliphatic hydroxyl groups is 2. The van der Waals surface area contributed by atoms with Crippen molar-refractivity contribution in [1.29, 1.82) is 0 Å². The number of aliphatic hydroxyl groups excluding tert-OH is 2. The van der Waals surface area contributed by atoms with Crippen LogP contribution in [-0.4, -0.2) is 16.3 Å². The third-order valence-electron chi connectivity index (χ3n) is 5.06. The lowest BCUT2D eigenvalue weighted by atomic mass is 9.87. The van der Waals surface area contributed by atoms with Gasteiger partial charge in [-0.1, -0.05) is 60.7 Å². The molecule has 116 valence electrons. The molecule has 0 aromatic heterocycles. The minimum Gasteiger partial charge on any atom is -0.386 e. The van der Waals surface area contributed by atoms with Crippen LogP contribution in [0.1, 0.15) is 17.2 Å². The molecule has 2 atom stereocenters. The van der Waals surface area contributed by atoms with Crippen LogP contribution in [-0.2, 0) is 0 Å². The van der Waals surface area contributed by atoms with Crippen molar-refractivity contribution in [1.82, 2.24) is 0 Å². The van der Waals surface area contributed by atoms with Crippen molar-refractivity contribution in [3.05, 3.63) is 77.9 Å². The molecular formula is C22H16O2. The molecule has 0 fully saturated rings. The van der Waals surface area contributed by atoms with Gasteiger partial charge in [-0.2, -0.15) is 0 Å². The van der Waals surface area contributed by atoms with Gasteiger partial charge < -0.3 is 10.2 Å². The number of fused-ring (bicyclic) bond motifs is 6. The lowest BCUT2D eigenvalue weighted by Gasteiger charge is -2.23. The van der Waals surface area contributed by atoms with Crippen LogP contribution >= 0.6 is 0 Å². The quantitative estimate of drug-likeness (QED) is 0.369. The fourth-order valence-corrected chi connectivity index (χ4v) is 3.80. The molecule has 0 aliphatic heterocycles. The minimum atomic E-state index is -0.863. The normalized spacial score (nSPS) is 19.9. The first-order chi connectivity index (χ1) is 11.7. The number of hydrogen-bond donors (Lipinski definition) is 2. The molecule has 0 bridgehead atoms. The highest BCUT2D eigenvalue weighted by Gasteiger charge is 2.23. The van der Waals surface area contributed by atoms with Crippen molar-refractivity contribution in [2.45, 2.75) is 12.2 Å². The highest BCUT2D eigenvalue weighted by atomic mass is 16.3. The molecular weight excluding hydrogens is 296 g/mol. The maximum absolute atomic E-state index is 10.3. The molecule has 4 aromatic carbocycles. The van der Waals surface area contributed by atoms with Crippen LogP contribution in [0.4, 0.5) is 0 Å². The van der Waals surface area contributed by atoms with Gasteiger partial charge in [0.15, 0.2) is 0 Å². The zero-order valence-corrected chi connectivity index (χ0v) is 13.0. The van der Waals surface area contributed by atoms with Gasteiger partial charge >= 0.3 is 0 Å². The molecule has 0 radical (unpaired) electrons. The summed E-state index contributed by atoms with van der Waals surface area (Å²) >= 11 is 0. The average molecular weight is 312 g/mol. The SMILES string of the molecule is O[C@@H]1C=Cc2c(ccc3cc4ccc5ccccc5c4cc23)[C@H]1O. The average Bonchev–Trinajstić information content (AvgIpc) is 2.63. The predicted octanol–water partition coefficient (Wildman–Crippen LogP) is 4.57. The van der Waals surface area contributed by atoms with Gasteiger partial charge in [0, 0.05) is 0 Å². The maximum Gasteiger partial charge on any atom is 0.109 e. The molecule has 24 heavy (non-hydrogen) atoms. The smallest absolute Gasteiger partial charge is 0.109 e. The van der Waals surface area contributed by atoms with Crippen LogP contribution in [0.3, 0.4) is 0 Å². The highest BCUT2D eigenvalue weighted by Crippen LogP contribution is 2.36. The van der Waals surface area contributed by atoms with Crippen LogP contribution in [0, 0.1) is 0 Å². The van der Waals surface area contributed by atoms with Crippen molar-refractivity contribution in [2.75, 3.05) is 0 Å². The molecule has 0 spiro atoms. The second-order valence-electron chi connectivity index (χ2n) is 6.44. The Morgan fingerprint density at radius 3 is 2.33 bits per heavy atom. The minimum absolute atomic E-state index is 0.789. The van der Waals surface area contributed by atoms with E-state index in [2.05, 4.69) is 48.5 Å². The topological polar surface area (TPSA) is 40.5 Å². The molecule has 1 aliphatic rings. The second-order valence-corrected chi connectivity index (χ2v) is 6.44. The Hall–Kier alpha value is -2.68. The van der Waals surface area contributed by atoms with E-state index in [1.165, 1.54) is 21.5 Å². The lowest BCUT2D eigenvalue weighted by Crippen LogP contribution is -2.19. The monoisotopic (exact) mass is 312 g/mol. The van der Waals surface area contributed by atoms with Crippen LogP contribution < -0.4 is 0 Å². The van der Waals surface area contributed by atoms with Gasteiger partial charge in [-0.15, -0.1) is 0 Å². The molecule has 2 nitrogen and oxygen atoms in total. The molecule has 0 saturated carbocycles. The lowest BCUT2D eigenvalue weighted by molar-refractivity contribution is 0.0471. The van der Waals surface area contributed by atoms with Gasteiger partial charge in [-0.05, 0) is 55.6 Å². The summed E-state index contributed by atoms with van der Waals surface area (Å²) in [5, 5.41) is 27.3. The summed E-state index contributed by atoms with van der Waals surface area (Å²) in [6.45, 7) is 0. The molecule has 5 rings (SSSR count). The highest BCUT2D eigenvalue weighted by molar-refractivity contribution is 6.13. The Bertz CT molecular complexity index is 1140. The van der Waals surface area contributed by atoms with Crippen molar-refractivity contribution in [3.63, 3.8) is 0 Å². The van der Waals surface area contributed by atoms with E-state index in [1.54, 1.807) is 6.08 Å². The molecule has 0 heterocycles. The van der Waals surface area contributed by atoms with Crippen LogP contribution in [0.25, 0.3) is 38.4 Å². The van der Waals surface area contributed by atoms with Crippen LogP contribution in [0.5, 0.6) is 0 Å². The van der Waals surface area contributed by atoms with Gasteiger partial charge in [0.1, 0.15) is 12.2 Å². The molecule has 2 heteroatoms. The first-order valence-electron chi connectivity index (χ1n) is 8.15. The third-order valence-corrected chi connectivity index (χ3v) is 5.06. The molecule has 4 aromatic rings. The van der Waals surface area contributed by atoms with Gasteiger partial charge in [0.2, 0.25) is 0 Å². The Morgan fingerprint density at radius 2 is 1.42 bits per heavy atom. The fourth-order valence-electron chi connectivity index (χ4n) is 3.80. The first kappa shape index (κ1) is 13.7. The largest absolute Gasteiger partial charge is 0.386 e. The summed E-state index contributed by atoms with van der Waals surface area (Å²) < 4.78 is 0. The van der Waals surface area contributed by atoms with E-state index >= 15 is 0 Å². The summed E-state index contributed by atoms with van der Waals surface area (Å²) in [4.78, 5) is 0. The molecule has 2 N–H and O–H groups in total. The Kier molecular flexibility index (Phi) is 2.81. The number of hydrogen-bond acceptors (Lipinski definition) is 2. The molecule has 0 amide bonds. The molecule has 1 aliphatic carbocycles. The standard InChI is InChI=1S/C22H16O2/c23-21-10-9-17-18(22(21)24)8-7-15-11-14-6-5-13-3-1-2-4-16(13)19(14)12-20(15)17/h1-12,21-24H/t21-,22-/m1/s1. The van der Waals surface area contributed by atoms with Crippen molar-refractivity contribution < 1.29 is 10.2 Å². The van der Waals surface area contributed by atoms with E-state index < -0.39 is 12.2 Å². The van der Waals surface area contributed by atoms with E-state index in [1.807, 2.05) is 18.2 Å². The van der Waals surface area contributed by atoms with Gasteiger partial charge in [0.25, 0.3) is 0 Å².